The van der Waals surface area contributed by atoms with Gasteiger partial charge in [-0.25, -0.2) is 0 Å². The number of carbonyl (C=O) groups is 2. The maximum absolute atomic E-state index is 12.5. The molecule has 2 amide bonds. The van der Waals surface area contributed by atoms with Gasteiger partial charge in [0.2, 0.25) is 5.91 Å². The number of nitrogens with two attached hydrogens (primary N) is 1. The van der Waals surface area contributed by atoms with Crippen molar-refractivity contribution in [2.45, 2.75) is 12.8 Å². The highest BCUT2D eigenvalue weighted by atomic mass is 35.5. The number of anilines is 2. The summed E-state index contributed by atoms with van der Waals surface area (Å²) < 4.78 is 0. The first-order valence-corrected chi connectivity index (χ1v) is 8.68. The van der Waals surface area contributed by atoms with Gasteiger partial charge in [-0.15, -0.1) is 0 Å². The summed E-state index contributed by atoms with van der Waals surface area (Å²) >= 11 is 5.89. The first kappa shape index (κ1) is 18.7. The molecule has 2 aromatic rings. The molecule has 1 saturated heterocycles. The summed E-state index contributed by atoms with van der Waals surface area (Å²) in [4.78, 5) is 36.8. The summed E-state index contributed by atoms with van der Waals surface area (Å²) in [5.74, 6) is -1.26. The lowest BCUT2D eigenvalue weighted by Crippen LogP contribution is -2.20. The Bertz CT molecular complexity index is 926. The van der Waals surface area contributed by atoms with Gasteiger partial charge in [0, 0.05) is 30.4 Å². The Hall–Kier alpha value is -3.13. The molecule has 3 rings (SSSR count). The van der Waals surface area contributed by atoms with Crippen LogP contribution >= 0.6 is 11.6 Å². The van der Waals surface area contributed by atoms with Gasteiger partial charge < -0.3 is 16.0 Å². The largest absolute Gasteiger partial charge is 0.366 e. The van der Waals surface area contributed by atoms with E-state index < -0.39 is 16.7 Å². The molecule has 27 heavy (non-hydrogen) atoms. The Morgan fingerprint density at radius 1 is 1.15 bits per heavy atom. The van der Waals surface area contributed by atoms with Crippen LogP contribution in [-0.2, 0) is 0 Å². The molecule has 140 valence electrons. The highest BCUT2D eigenvalue weighted by Gasteiger charge is 2.24. The Kier molecular flexibility index (Phi) is 5.27. The molecule has 1 aliphatic rings. The molecule has 2 aromatic carbocycles. The number of amides is 2. The normalized spacial score (nSPS) is 13.4. The zero-order chi connectivity index (χ0) is 19.6. The molecule has 0 radical (unpaired) electrons. The Balaban J connectivity index is 1.86. The molecule has 9 heteroatoms. The van der Waals surface area contributed by atoms with Crippen molar-refractivity contribution in [1.29, 1.82) is 0 Å². The maximum Gasteiger partial charge on any atom is 0.293 e. The molecule has 0 aliphatic carbocycles. The molecular weight excluding hydrogens is 372 g/mol. The predicted molar refractivity (Wildman–Crippen MR) is 102 cm³/mol. The van der Waals surface area contributed by atoms with E-state index in [1.165, 1.54) is 24.3 Å². The quantitative estimate of drug-likeness (QED) is 0.602. The molecule has 0 unspecified atom stereocenters. The summed E-state index contributed by atoms with van der Waals surface area (Å²) in [5.41, 5.74) is 6.16. The molecule has 3 N–H and O–H groups in total. The van der Waals surface area contributed by atoms with Gasteiger partial charge in [-0.2, -0.15) is 0 Å². The number of benzene rings is 2. The van der Waals surface area contributed by atoms with E-state index >= 15 is 0 Å². The van der Waals surface area contributed by atoms with Gasteiger partial charge in [0.15, 0.2) is 0 Å². The molecule has 1 heterocycles. The van der Waals surface area contributed by atoms with Gasteiger partial charge >= 0.3 is 0 Å². The van der Waals surface area contributed by atoms with Crippen molar-refractivity contribution in [3.63, 3.8) is 0 Å². The van der Waals surface area contributed by atoms with E-state index in [2.05, 4.69) is 5.32 Å². The lowest BCUT2D eigenvalue weighted by atomic mass is 10.1. The maximum atomic E-state index is 12.5. The third-order valence-corrected chi connectivity index (χ3v) is 4.70. The zero-order valence-electron chi connectivity index (χ0n) is 14.3. The van der Waals surface area contributed by atoms with Crippen LogP contribution in [-0.4, -0.2) is 29.8 Å². The molecular formula is C18H17ClN4O4. The fourth-order valence-corrected chi connectivity index (χ4v) is 3.24. The summed E-state index contributed by atoms with van der Waals surface area (Å²) in [5, 5.41) is 14.2. The van der Waals surface area contributed by atoms with Crippen LogP contribution in [0.15, 0.2) is 36.4 Å². The second-order valence-electron chi connectivity index (χ2n) is 6.17. The SMILES string of the molecule is NC(=O)c1cc(NC(=O)c2ccc(N3CCCC3)c([N+](=O)[O-])c2)ccc1Cl. The number of hydrogen-bond acceptors (Lipinski definition) is 5. The van der Waals surface area contributed by atoms with Crippen LogP contribution in [0.5, 0.6) is 0 Å². The van der Waals surface area contributed by atoms with Crippen molar-refractivity contribution in [3.05, 3.63) is 62.7 Å². The Labute approximate surface area is 160 Å². The van der Waals surface area contributed by atoms with E-state index in [-0.39, 0.29) is 21.8 Å². The summed E-state index contributed by atoms with van der Waals surface area (Å²) in [6.45, 7) is 1.51. The predicted octanol–water partition coefficient (Wildman–Crippen LogP) is 3.20. The third-order valence-electron chi connectivity index (χ3n) is 4.37. The number of nitro groups is 1. The molecule has 1 fully saturated rings. The van der Waals surface area contributed by atoms with Crippen LogP contribution in [0.25, 0.3) is 0 Å². The number of hydrogen-bond donors (Lipinski definition) is 2. The minimum atomic E-state index is -0.721. The van der Waals surface area contributed by atoms with Gasteiger partial charge in [-0.05, 0) is 43.2 Å². The smallest absolute Gasteiger partial charge is 0.293 e. The number of nitrogens with one attached hydrogen (secondary N) is 1. The molecule has 0 bridgehead atoms. The standard InChI is InChI=1S/C18H17ClN4O4/c19-14-5-4-12(10-13(14)17(20)24)21-18(25)11-3-6-15(16(9-11)23(26)27)22-7-1-2-8-22/h3-6,9-10H,1-2,7-8H2,(H2,20,24)(H,21,25). The van der Waals surface area contributed by atoms with Crippen molar-refractivity contribution in [2.75, 3.05) is 23.3 Å². The van der Waals surface area contributed by atoms with E-state index in [0.717, 1.165) is 25.9 Å². The van der Waals surface area contributed by atoms with Crippen LogP contribution in [0.2, 0.25) is 5.02 Å². The number of carbonyl (C=O) groups excluding carboxylic acids is 2. The number of nitrogens with zero attached hydrogens (tertiary/aromatic N) is 2. The van der Waals surface area contributed by atoms with Crippen LogP contribution < -0.4 is 16.0 Å². The highest BCUT2D eigenvalue weighted by Crippen LogP contribution is 2.32. The summed E-state index contributed by atoms with van der Waals surface area (Å²) in [7, 11) is 0. The second-order valence-corrected chi connectivity index (χ2v) is 6.57. The van der Waals surface area contributed by atoms with Gasteiger partial charge in [-0.1, -0.05) is 11.6 Å². The summed E-state index contributed by atoms with van der Waals surface area (Å²) in [6.07, 6.45) is 1.97. The topological polar surface area (TPSA) is 119 Å². The number of rotatable bonds is 5. The molecule has 0 saturated carbocycles. The Morgan fingerprint density at radius 3 is 2.48 bits per heavy atom. The highest BCUT2D eigenvalue weighted by molar-refractivity contribution is 6.34. The van der Waals surface area contributed by atoms with Crippen molar-refractivity contribution >= 4 is 40.5 Å². The number of nitro benzene ring substituents is 1. The van der Waals surface area contributed by atoms with E-state index in [0.29, 0.717) is 11.4 Å². The lowest BCUT2D eigenvalue weighted by Gasteiger charge is -2.17. The van der Waals surface area contributed by atoms with Crippen LogP contribution in [0, 0.1) is 10.1 Å². The van der Waals surface area contributed by atoms with E-state index in [4.69, 9.17) is 17.3 Å². The first-order chi connectivity index (χ1) is 12.9. The van der Waals surface area contributed by atoms with Gasteiger partial charge in [-0.3, -0.25) is 19.7 Å². The number of primary amides is 1. The molecule has 0 atom stereocenters. The van der Waals surface area contributed by atoms with Gasteiger partial charge in [0.1, 0.15) is 5.69 Å². The minimum absolute atomic E-state index is 0.0739. The lowest BCUT2D eigenvalue weighted by molar-refractivity contribution is -0.384. The van der Waals surface area contributed by atoms with E-state index in [1.54, 1.807) is 12.1 Å². The molecule has 0 aromatic heterocycles. The van der Waals surface area contributed by atoms with Crippen molar-refractivity contribution in [1.82, 2.24) is 0 Å². The van der Waals surface area contributed by atoms with E-state index in [1.807, 2.05) is 4.90 Å². The van der Waals surface area contributed by atoms with Crippen LogP contribution in [0.1, 0.15) is 33.6 Å². The average Bonchev–Trinajstić information content (AvgIpc) is 3.17. The first-order valence-electron chi connectivity index (χ1n) is 8.31. The number of halogens is 1. The molecule has 1 aliphatic heterocycles. The third kappa shape index (κ3) is 4.01. The average molecular weight is 389 g/mol. The van der Waals surface area contributed by atoms with Gasteiger partial charge in [0.05, 0.1) is 15.5 Å². The monoisotopic (exact) mass is 388 g/mol. The van der Waals surface area contributed by atoms with Crippen molar-refractivity contribution in [2.24, 2.45) is 5.73 Å². The van der Waals surface area contributed by atoms with Crippen LogP contribution in [0.3, 0.4) is 0 Å². The summed E-state index contributed by atoms with van der Waals surface area (Å²) in [6, 6.07) is 8.70. The second kappa shape index (κ2) is 7.63. The molecule has 0 spiro atoms. The zero-order valence-corrected chi connectivity index (χ0v) is 15.0. The fraction of sp³-hybridized carbons (Fsp3) is 0.222. The van der Waals surface area contributed by atoms with Crippen LogP contribution in [0.4, 0.5) is 17.1 Å². The fourth-order valence-electron chi connectivity index (χ4n) is 3.03. The van der Waals surface area contributed by atoms with Crippen molar-refractivity contribution < 1.29 is 14.5 Å². The molecule has 8 nitrogen and oxygen atoms in total. The minimum Gasteiger partial charge on any atom is -0.366 e. The Morgan fingerprint density at radius 2 is 1.85 bits per heavy atom. The van der Waals surface area contributed by atoms with E-state index in [9.17, 15) is 19.7 Å². The van der Waals surface area contributed by atoms with Gasteiger partial charge in [0.25, 0.3) is 11.6 Å². The van der Waals surface area contributed by atoms with Crippen molar-refractivity contribution in [3.8, 4) is 0 Å².